The van der Waals surface area contributed by atoms with Crippen LogP contribution in [0.5, 0.6) is 0 Å². The van der Waals surface area contributed by atoms with Crippen LogP contribution in [-0.4, -0.2) is 29.8 Å². The predicted octanol–water partition coefficient (Wildman–Crippen LogP) is 4.82. The number of fused-ring (bicyclic) bond motifs is 2. The first-order chi connectivity index (χ1) is 16.9. The minimum absolute atomic E-state index is 0.190. The van der Waals surface area contributed by atoms with E-state index in [0.717, 1.165) is 15.7 Å². The standard InChI is InChI=1S/C28H20N2O5/c1-17(25(31)29-21-13-10-18-6-2-3-7-20(18)16-21)35-28(34)19-11-14-22(15-12-19)30-26(32)23-8-4-5-9-24(23)27(30)33/h2-17H,1H3,(H,29,31)/t17-/m1/s1. The summed E-state index contributed by atoms with van der Waals surface area (Å²) < 4.78 is 5.32. The summed E-state index contributed by atoms with van der Waals surface area (Å²) >= 11 is 0. The lowest BCUT2D eigenvalue weighted by Crippen LogP contribution is -2.30. The third-order valence-corrected chi connectivity index (χ3v) is 5.83. The number of hydrogen-bond acceptors (Lipinski definition) is 5. The lowest BCUT2D eigenvalue weighted by molar-refractivity contribution is -0.123. The van der Waals surface area contributed by atoms with Gasteiger partial charge in [-0.05, 0) is 66.2 Å². The van der Waals surface area contributed by atoms with E-state index < -0.39 is 29.8 Å². The van der Waals surface area contributed by atoms with Crippen LogP contribution in [0.2, 0.25) is 0 Å². The number of benzene rings is 4. The minimum Gasteiger partial charge on any atom is -0.449 e. The van der Waals surface area contributed by atoms with Crippen molar-refractivity contribution in [1.29, 1.82) is 0 Å². The van der Waals surface area contributed by atoms with Gasteiger partial charge < -0.3 is 10.1 Å². The molecule has 0 aromatic heterocycles. The highest BCUT2D eigenvalue weighted by molar-refractivity contribution is 6.34. The van der Waals surface area contributed by atoms with Gasteiger partial charge in [0, 0.05) is 5.69 Å². The minimum atomic E-state index is -1.04. The van der Waals surface area contributed by atoms with E-state index in [1.807, 2.05) is 36.4 Å². The van der Waals surface area contributed by atoms with Crippen LogP contribution in [0.15, 0.2) is 91.0 Å². The van der Waals surface area contributed by atoms with Gasteiger partial charge in [0.05, 0.1) is 22.4 Å². The SMILES string of the molecule is C[C@@H](OC(=O)c1ccc(N2C(=O)c3ccccc3C2=O)cc1)C(=O)Nc1ccc2ccccc2c1. The smallest absolute Gasteiger partial charge is 0.338 e. The van der Waals surface area contributed by atoms with E-state index in [1.54, 1.807) is 30.3 Å². The predicted molar refractivity (Wildman–Crippen MR) is 131 cm³/mol. The summed E-state index contributed by atoms with van der Waals surface area (Å²) in [7, 11) is 0. The summed E-state index contributed by atoms with van der Waals surface area (Å²) in [5, 5.41) is 4.79. The highest BCUT2D eigenvalue weighted by Crippen LogP contribution is 2.28. The number of amides is 3. The first-order valence-corrected chi connectivity index (χ1v) is 11.0. The molecule has 0 saturated carbocycles. The molecule has 3 amide bonds. The average molecular weight is 464 g/mol. The second kappa shape index (κ2) is 8.87. The molecule has 0 unspecified atom stereocenters. The number of anilines is 2. The summed E-state index contributed by atoms with van der Waals surface area (Å²) in [5.74, 6) is -1.99. The van der Waals surface area contributed by atoms with Crippen LogP contribution in [0.3, 0.4) is 0 Å². The molecule has 0 bridgehead atoms. The number of imide groups is 1. The molecule has 7 heteroatoms. The number of esters is 1. The molecule has 1 heterocycles. The third kappa shape index (κ3) is 4.15. The van der Waals surface area contributed by atoms with Gasteiger partial charge in [0.2, 0.25) is 0 Å². The summed E-state index contributed by atoms with van der Waals surface area (Å²) in [5.41, 5.74) is 1.81. The van der Waals surface area contributed by atoms with Crippen molar-refractivity contribution < 1.29 is 23.9 Å². The van der Waals surface area contributed by atoms with E-state index in [2.05, 4.69) is 5.32 Å². The van der Waals surface area contributed by atoms with E-state index in [9.17, 15) is 19.2 Å². The van der Waals surface area contributed by atoms with Crippen molar-refractivity contribution in [1.82, 2.24) is 0 Å². The van der Waals surface area contributed by atoms with Crippen molar-refractivity contribution >= 4 is 45.8 Å². The summed E-state index contributed by atoms with van der Waals surface area (Å²) in [4.78, 5) is 51.5. The number of nitrogens with one attached hydrogen (secondary N) is 1. The molecule has 1 aliphatic rings. The topological polar surface area (TPSA) is 92.8 Å². The van der Waals surface area contributed by atoms with E-state index in [4.69, 9.17) is 4.74 Å². The molecule has 0 fully saturated rings. The van der Waals surface area contributed by atoms with Gasteiger partial charge in [-0.1, -0.05) is 42.5 Å². The van der Waals surface area contributed by atoms with Crippen molar-refractivity contribution in [2.45, 2.75) is 13.0 Å². The zero-order chi connectivity index (χ0) is 24.5. The van der Waals surface area contributed by atoms with Gasteiger partial charge >= 0.3 is 5.97 Å². The van der Waals surface area contributed by atoms with Gasteiger partial charge in [0.1, 0.15) is 0 Å². The van der Waals surface area contributed by atoms with E-state index >= 15 is 0 Å². The Bertz CT molecular complexity index is 1460. The Balaban J connectivity index is 1.24. The molecule has 0 aliphatic carbocycles. The summed E-state index contributed by atoms with van der Waals surface area (Å²) in [6.45, 7) is 1.49. The van der Waals surface area contributed by atoms with Crippen LogP contribution < -0.4 is 10.2 Å². The van der Waals surface area contributed by atoms with Gasteiger partial charge in [-0.25, -0.2) is 9.69 Å². The van der Waals surface area contributed by atoms with E-state index in [1.165, 1.54) is 31.2 Å². The molecule has 1 atom stereocenters. The number of carbonyl (C=O) groups is 4. The van der Waals surface area contributed by atoms with Gasteiger partial charge in [-0.2, -0.15) is 0 Å². The molecule has 0 saturated heterocycles. The van der Waals surface area contributed by atoms with E-state index in [-0.39, 0.29) is 5.56 Å². The maximum atomic E-state index is 12.6. The van der Waals surface area contributed by atoms with Crippen molar-refractivity contribution in [3.05, 3.63) is 108 Å². The van der Waals surface area contributed by atoms with Gasteiger partial charge in [0.15, 0.2) is 6.10 Å². The normalized spacial score (nSPS) is 13.5. The Morgan fingerprint density at radius 1 is 0.771 bits per heavy atom. The second-order valence-electron chi connectivity index (χ2n) is 8.14. The fourth-order valence-electron chi connectivity index (χ4n) is 3.96. The molecule has 0 radical (unpaired) electrons. The molecule has 0 spiro atoms. The largest absolute Gasteiger partial charge is 0.449 e. The monoisotopic (exact) mass is 464 g/mol. The Labute approximate surface area is 200 Å². The molecule has 172 valence electrons. The number of hydrogen-bond donors (Lipinski definition) is 1. The molecule has 35 heavy (non-hydrogen) atoms. The Hall–Kier alpha value is -4.78. The maximum absolute atomic E-state index is 12.6. The molecule has 7 nitrogen and oxygen atoms in total. The maximum Gasteiger partial charge on any atom is 0.338 e. The number of ether oxygens (including phenoxy) is 1. The van der Waals surface area contributed by atoms with Crippen LogP contribution in [0.25, 0.3) is 10.8 Å². The van der Waals surface area contributed by atoms with Crippen LogP contribution in [0, 0.1) is 0 Å². The molecular formula is C28H20N2O5. The quantitative estimate of drug-likeness (QED) is 0.338. The number of nitrogens with zero attached hydrogens (tertiary/aromatic N) is 1. The lowest BCUT2D eigenvalue weighted by atomic mass is 10.1. The van der Waals surface area contributed by atoms with Crippen molar-refractivity contribution in [2.75, 3.05) is 10.2 Å². The zero-order valence-electron chi connectivity index (χ0n) is 18.7. The first kappa shape index (κ1) is 22.0. The summed E-state index contributed by atoms with van der Waals surface area (Å²) in [6, 6.07) is 25.8. The molecular weight excluding hydrogens is 444 g/mol. The van der Waals surface area contributed by atoms with Crippen molar-refractivity contribution in [3.8, 4) is 0 Å². The molecule has 1 N–H and O–H groups in total. The Morgan fingerprint density at radius 2 is 1.37 bits per heavy atom. The number of carbonyl (C=O) groups excluding carboxylic acids is 4. The Kier molecular flexibility index (Phi) is 5.58. The van der Waals surface area contributed by atoms with Crippen molar-refractivity contribution in [3.63, 3.8) is 0 Å². The average Bonchev–Trinajstić information content (AvgIpc) is 3.14. The van der Waals surface area contributed by atoms with Crippen LogP contribution in [-0.2, 0) is 9.53 Å². The van der Waals surface area contributed by atoms with E-state index in [0.29, 0.717) is 22.5 Å². The van der Waals surface area contributed by atoms with Crippen molar-refractivity contribution in [2.24, 2.45) is 0 Å². The highest BCUT2D eigenvalue weighted by Gasteiger charge is 2.36. The molecule has 4 aromatic carbocycles. The van der Waals surface area contributed by atoms with Gasteiger partial charge in [-0.3, -0.25) is 14.4 Å². The first-order valence-electron chi connectivity index (χ1n) is 11.0. The van der Waals surface area contributed by atoms with Crippen LogP contribution >= 0.6 is 0 Å². The fraction of sp³-hybridized carbons (Fsp3) is 0.0714. The Morgan fingerprint density at radius 3 is 2.03 bits per heavy atom. The highest BCUT2D eigenvalue weighted by atomic mass is 16.5. The van der Waals surface area contributed by atoms with Crippen LogP contribution in [0.1, 0.15) is 38.0 Å². The second-order valence-corrected chi connectivity index (χ2v) is 8.14. The van der Waals surface area contributed by atoms with Crippen LogP contribution in [0.4, 0.5) is 11.4 Å². The molecule has 1 aliphatic heterocycles. The van der Waals surface area contributed by atoms with Gasteiger partial charge in [-0.15, -0.1) is 0 Å². The lowest BCUT2D eigenvalue weighted by Gasteiger charge is -2.16. The number of rotatable bonds is 5. The fourth-order valence-corrected chi connectivity index (χ4v) is 3.96. The zero-order valence-corrected chi connectivity index (χ0v) is 18.7. The van der Waals surface area contributed by atoms with Gasteiger partial charge in [0.25, 0.3) is 17.7 Å². The molecule has 5 rings (SSSR count). The third-order valence-electron chi connectivity index (χ3n) is 5.83. The molecule has 4 aromatic rings. The summed E-state index contributed by atoms with van der Waals surface area (Å²) in [6.07, 6.45) is -1.04.